The summed E-state index contributed by atoms with van der Waals surface area (Å²) in [6, 6.07) is 2.05. The van der Waals surface area contributed by atoms with Crippen LogP contribution in [0.15, 0.2) is 0 Å². The van der Waals surface area contributed by atoms with Gasteiger partial charge in [0.15, 0.2) is 0 Å². The second kappa shape index (κ2) is 6.41. The van der Waals surface area contributed by atoms with Crippen molar-refractivity contribution >= 4 is 5.91 Å². The van der Waals surface area contributed by atoms with Crippen LogP contribution >= 0.6 is 0 Å². The molecule has 0 aromatic carbocycles. The Hall–Kier alpha value is -1.08. The molecule has 0 bridgehead atoms. The van der Waals surface area contributed by atoms with E-state index >= 15 is 0 Å². The van der Waals surface area contributed by atoms with Gasteiger partial charge in [-0.15, -0.1) is 0 Å². The molecule has 0 heterocycles. The first-order valence-electron chi connectivity index (χ1n) is 5.37. The predicted molar refractivity (Wildman–Crippen MR) is 58.0 cm³/mol. The second-order valence-electron chi connectivity index (χ2n) is 3.81. The Morgan fingerprint density at radius 3 is 2.40 bits per heavy atom. The van der Waals surface area contributed by atoms with E-state index in [1.165, 1.54) is 0 Å². The molecule has 1 N–H and O–H groups in total. The quantitative estimate of drug-likeness (QED) is 0.718. The molecule has 4 heteroatoms. The zero-order valence-corrected chi connectivity index (χ0v) is 9.79. The van der Waals surface area contributed by atoms with Gasteiger partial charge in [0.25, 0.3) is 0 Å². The molecule has 0 aliphatic heterocycles. The van der Waals surface area contributed by atoms with E-state index < -0.39 is 5.41 Å². The van der Waals surface area contributed by atoms with E-state index in [2.05, 4.69) is 6.07 Å². The lowest BCUT2D eigenvalue weighted by Crippen LogP contribution is -2.43. The molecular formula is C11H20N2O2. The van der Waals surface area contributed by atoms with E-state index in [1.54, 1.807) is 11.8 Å². The van der Waals surface area contributed by atoms with Crippen LogP contribution in [-0.4, -0.2) is 35.6 Å². The fourth-order valence-corrected chi connectivity index (χ4v) is 1.33. The summed E-state index contributed by atoms with van der Waals surface area (Å²) in [5, 5.41) is 17.8. The maximum Gasteiger partial charge on any atom is 0.242 e. The van der Waals surface area contributed by atoms with E-state index in [0.717, 1.165) is 6.42 Å². The van der Waals surface area contributed by atoms with Gasteiger partial charge in [0.2, 0.25) is 5.91 Å². The molecule has 1 amide bonds. The summed E-state index contributed by atoms with van der Waals surface area (Å²) in [6.45, 7) is 6.28. The van der Waals surface area contributed by atoms with Gasteiger partial charge in [-0.05, 0) is 19.8 Å². The van der Waals surface area contributed by atoms with E-state index in [0.29, 0.717) is 19.5 Å². The van der Waals surface area contributed by atoms with Crippen LogP contribution in [0.4, 0.5) is 0 Å². The fourth-order valence-electron chi connectivity index (χ4n) is 1.33. The maximum atomic E-state index is 12.0. The number of hydrogen-bond acceptors (Lipinski definition) is 3. The van der Waals surface area contributed by atoms with Crippen molar-refractivity contribution in [3.05, 3.63) is 0 Å². The zero-order chi connectivity index (χ0) is 11.9. The normalized spacial score (nSPS) is 14.1. The Morgan fingerprint density at radius 1 is 1.47 bits per heavy atom. The summed E-state index contributed by atoms with van der Waals surface area (Å²) in [7, 11) is 0. The summed E-state index contributed by atoms with van der Waals surface area (Å²) in [5.41, 5.74) is -0.954. The molecule has 0 rings (SSSR count). The largest absolute Gasteiger partial charge is 0.395 e. The Labute approximate surface area is 91.5 Å². The highest BCUT2D eigenvalue weighted by atomic mass is 16.3. The average molecular weight is 212 g/mol. The topological polar surface area (TPSA) is 64.3 Å². The molecule has 0 aromatic heterocycles. The molecular weight excluding hydrogens is 192 g/mol. The van der Waals surface area contributed by atoms with Crippen LogP contribution in [0.3, 0.4) is 0 Å². The number of nitriles is 1. The summed E-state index contributed by atoms with van der Waals surface area (Å²) < 4.78 is 0. The average Bonchev–Trinajstić information content (AvgIpc) is 2.26. The molecule has 0 fully saturated rings. The van der Waals surface area contributed by atoms with Gasteiger partial charge in [0, 0.05) is 13.1 Å². The number of rotatable bonds is 6. The maximum absolute atomic E-state index is 12.0. The van der Waals surface area contributed by atoms with Crippen molar-refractivity contribution in [3.8, 4) is 6.07 Å². The molecule has 15 heavy (non-hydrogen) atoms. The van der Waals surface area contributed by atoms with Gasteiger partial charge >= 0.3 is 0 Å². The molecule has 0 aliphatic rings. The minimum atomic E-state index is -0.954. The third-order valence-corrected chi connectivity index (χ3v) is 2.58. The molecule has 0 radical (unpaired) electrons. The zero-order valence-electron chi connectivity index (χ0n) is 9.79. The lowest BCUT2D eigenvalue weighted by molar-refractivity contribution is -0.139. The van der Waals surface area contributed by atoms with E-state index in [1.807, 2.05) is 13.8 Å². The smallest absolute Gasteiger partial charge is 0.242 e. The first kappa shape index (κ1) is 13.9. The van der Waals surface area contributed by atoms with Gasteiger partial charge in [-0.3, -0.25) is 4.79 Å². The summed E-state index contributed by atoms with van der Waals surface area (Å²) in [6.07, 6.45) is 1.32. The number of carbonyl (C=O) groups excluding carboxylic acids is 1. The van der Waals surface area contributed by atoms with Crippen molar-refractivity contribution < 1.29 is 9.90 Å². The second-order valence-corrected chi connectivity index (χ2v) is 3.81. The Bertz CT molecular complexity index is 241. The Kier molecular flexibility index (Phi) is 5.95. The van der Waals surface area contributed by atoms with E-state index in [4.69, 9.17) is 10.4 Å². The monoisotopic (exact) mass is 212 g/mol. The fraction of sp³-hybridized carbons (Fsp3) is 0.818. The Balaban J connectivity index is 4.69. The number of aliphatic hydroxyl groups is 1. The van der Waals surface area contributed by atoms with Gasteiger partial charge in [0.05, 0.1) is 12.7 Å². The van der Waals surface area contributed by atoms with Gasteiger partial charge in [-0.1, -0.05) is 13.8 Å². The van der Waals surface area contributed by atoms with Gasteiger partial charge < -0.3 is 10.0 Å². The number of hydrogen-bond donors (Lipinski definition) is 1. The van der Waals surface area contributed by atoms with Crippen LogP contribution in [0.1, 0.15) is 33.6 Å². The number of amides is 1. The molecule has 1 atom stereocenters. The van der Waals surface area contributed by atoms with Gasteiger partial charge in [-0.25, -0.2) is 0 Å². The lowest BCUT2D eigenvalue weighted by atomic mass is 9.87. The lowest BCUT2D eigenvalue weighted by Gasteiger charge is -2.28. The molecule has 86 valence electrons. The first-order valence-corrected chi connectivity index (χ1v) is 5.37. The number of nitrogens with zero attached hydrogens (tertiary/aromatic N) is 2. The third-order valence-electron chi connectivity index (χ3n) is 2.58. The van der Waals surface area contributed by atoms with Crippen molar-refractivity contribution in [3.63, 3.8) is 0 Å². The van der Waals surface area contributed by atoms with Crippen molar-refractivity contribution in [1.82, 2.24) is 4.90 Å². The standard InChI is InChI=1S/C11H20N2O2/c1-4-6-13(7-8-14)10(15)11(3,5-2)9-12/h14H,4-8H2,1-3H3. The number of aliphatic hydroxyl groups excluding tert-OH is 1. The summed E-state index contributed by atoms with van der Waals surface area (Å²) in [4.78, 5) is 13.6. The highest BCUT2D eigenvalue weighted by molar-refractivity contribution is 5.85. The number of carbonyl (C=O) groups is 1. The van der Waals surface area contributed by atoms with Crippen LogP contribution in [-0.2, 0) is 4.79 Å². The minimum Gasteiger partial charge on any atom is -0.395 e. The molecule has 0 saturated carbocycles. The predicted octanol–water partition coefficient (Wildman–Crippen LogP) is 1.16. The van der Waals surface area contributed by atoms with Gasteiger partial charge in [-0.2, -0.15) is 5.26 Å². The molecule has 0 spiro atoms. The van der Waals surface area contributed by atoms with E-state index in [-0.39, 0.29) is 12.5 Å². The SMILES string of the molecule is CCCN(CCO)C(=O)C(C)(C#N)CC. The van der Waals surface area contributed by atoms with Gasteiger partial charge in [0.1, 0.15) is 5.41 Å². The van der Waals surface area contributed by atoms with Crippen LogP contribution in [0.5, 0.6) is 0 Å². The van der Waals surface area contributed by atoms with Crippen molar-refractivity contribution in [1.29, 1.82) is 5.26 Å². The first-order chi connectivity index (χ1) is 7.05. The van der Waals surface area contributed by atoms with Crippen LogP contribution in [0, 0.1) is 16.7 Å². The van der Waals surface area contributed by atoms with Crippen molar-refractivity contribution in [2.45, 2.75) is 33.6 Å². The molecule has 0 aromatic rings. The molecule has 0 aliphatic carbocycles. The highest BCUT2D eigenvalue weighted by Crippen LogP contribution is 2.22. The summed E-state index contributed by atoms with van der Waals surface area (Å²) in [5.74, 6) is -0.177. The van der Waals surface area contributed by atoms with Crippen molar-refractivity contribution in [2.75, 3.05) is 19.7 Å². The highest BCUT2D eigenvalue weighted by Gasteiger charge is 2.34. The van der Waals surface area contributed by atoms with Crippen LogP contribution < -0.4 is 0 Å². The minimum absolute atomic E-state index is 0.0586. The third kappa shape index (κ3) is 3.52. The van der Waals surface area contributed by atoms with E-state index in [9.17, 15) is 4.79 Å². The molecule has 4 nitrogen and oxygen atoms in total. The van der Waals surface area contributed by atoms with Crippen LogP contribution in [0.2, 0.25) is 0 Å². The molecule has 0 saturated heterocycles. The summed E-state index contributed by atoms with van der Waals surface area (Å²) >= 11 is 0. The molecule has 1 unspecified atom stereocenters. The Morgan fingerprint density at radius 2 is 2.07 bits per heavy atom. The van der Waals surface area contributed by atoms with Crippen LogP contribution in [0.25, 0.3) is 0 Å². The van der Waals surface area contributed by atoms with Crippen molar-refractivity contribution in [2.24, 2.45) is 5.41 Å².